The molecular weight excluding hydrogens is 354 g/mol. The van der Waals surface area contributed by atoms with Crippen LogP contribution in [0.1, 0.15) is 32.0 Å². The Morgan fingerprint density at radius 1 is 0.857 bits per heavy atom. The van der Waals surface area contributed by atoms with Gasteiger partial charge in [0, 0.05) is 17.4 Å². The highest BCUT2D eigenvalue weighted by Crippen LogP contribution is 2.16. The minimum absolute atomic E-state index is 0.0335. The van der Waals surface area contributed by atoms with Gasteiger partial charge in [-0.15, -0.1) is 0 Å². The fourth-order valence-corrected chi connectivity index (χ4v) is 2.44. The van der Waals surface area contributed by atoms with Gasteiger partial charge in [-0.05, 0) is 42.5 Å². The summed E-state index contributed by atoms with van der Waals surface area (Å²) in [5.41, 5.74) is 1.84. The van der Waals surface area contributed by atoms with Gasteiger partial charge in [-0.2, -0.15) is 10.5 Å². The van der Waals surface area contributed by atoms with Crippen LogP contribution in [0.3, 0.4) is 0 Å². The van der Waals surface area contributed by atoms with Gasteiger partial charge in [0.05, 0.1) is 22.9 Å². The highest BCUT2D eigenvalue weighted by Gasteiger charge is 2.14. The molecule has 0 atom stereocenters. The second kappa shape index (κ2) is 8.26. The van der Waals surface area contributed by atoms with E-state index in [2.05, 4.69) is 15.6 Å². The van der Waals surface area contributed by atoms with Gasteiger partial charge in [0.15, 0.2) is 0 Å². The molecule has 7 heteroatoms. The molecule has 0 radical (unpaired) electrons. The summed E-state index contributed by atoms with van der Waals surface area (Å²) in [5.74, 6) is -0.979. The molecular formula is C21H13N5O2. The molecule has 0 saturated heterocycles. The van der Waals surface area contributed by atoms with Gasteiger partial charge >= 0.3 is 0 Å². The average Bonchev–Trinajstić information content (AvgIpc) is 2.74. The Kier molecular flexibility index (Phi) is 5.40. The number of carbonyl (C=O) groups excluding carboxylic acids is 2. The first kappa shape index (κ1) is 18.3. The second-order valence-corrected chi connectivity index (χ2v) is 5.69. The van der Waals surface area contributed by atoms with Crippen LogP contribution in [0.5, 0.6) is 0 Å². The maximum atomic E-state index is 12.5. The van der Waals surface area contributed by atoms with Gasteiger partial charge < -0.3 is 10.6 Å². The third-order valence-corrected chi connectivity index (χ3v) is 3.80. The molecule has 2 N–H and O–H groups in total. The molecule has 3 aromatic rings. The van der Waals surface area contributed by atoms with Crippen molar-refractivity contribution in [2.45, 2.75) is 0 Å². The molecule has 2 amide bonds. The monoisotopic (exact) mass is 367 g/mol. The lowest BCUT2D eigenvalue weighted by atomic mass is 10.1. The zero-order valence-electron chi connectivity index (χ0n) is 14.5. The van der Waals surface area contributed by atoms with Crippen LogP contribution < -0.4 is 10.6 Å². The number of nitrogens with zero attached hydrogens (tertiary/aromatic N) is 3. The van der Waals surface area contributed by atoms with Gasteiger partial charge in [-0.3, -0.25) is 14.6 Å². The van der Waals surface area contributed by atoms with Crippen LogP contribution in [0.4, 0.5) is 11.4 Å². The van der Waals surface area contributed by atoms with Crippen molar-refractivity contribution in [1.82, 2.24) is 4.98 Å². The summed E-state index contributed by atoms with van der Waals surface area (Å²) in [5, 5.41) is 23.3. The zero-order valence-corrected chi connectivity index (χ0v) is 14.5. The quantitative estimate of drug-likeness (QED) is 0.733. The summed E-state index contributed by atoms with van der Waals surface area (Å²) in [7, 11) is 0. The molecule has 1 aromatic heterocycles. The van der Waals surface area contributed by atoms with Crippen LogP contribution in [-0.2, 0) is 0 Å². The maximum Gasteiger partial charge on any atom is 0.274 e. The number of pyridine rings is 1. The molecule has 0 aliphatic carbocycles. The van der Waals surface area contributed by atoms with E-state index in [1.807, 2.05) is 12.1 Å². The summed E-state index contributed by atoms with van der Waals surface area (Å²) in [6.45, 7) is 0. The van der Waals surface area contributed by atoms with Crippen molar-refractivity contribution < 1.29 is 9.59 Å². The van der Waals surface area contributed by atoms with E-state index >= 15 is 0 Å². The molecule has 0 fully saturated rings. The van der Waals surface area contributed by atoms with Gasteiger partial charge in [0.25, 0.3) is 11.8 Å². The van der Waals surface area contributed by atoms with Crippen LogP contribution in [0.2, 0.25) is 0 Å². The smallest absolute Gasteiger partial charge is 0.274 e. The van der Waals surface area contributed by atoms with Crippen LogP contribution in [0.15, 0.2) is 66.9 Å². The third kappa shape index (κ3) is 4.18. The Hall–Kier alpha value is -4.49. The van der Waals surface area contributed by atoms with E-state index in [9.17, 15) is 9.59 Å². The predicted octanol–water partition coefficient (Wildman–Crippen LogP) is 3.33. The molecule has 28 heavy (non-hydrogen) atoms. The fraction of sp³-hybridized carbons (Fsp3) is 0. The number of anilines is 2. The molecule has 0 unspecified atom stereocenters. The van der Waals surface area contributed by atoms with E-state index < -0.39 is 11.8 Å². The standard InChI is InChI=1S/C21H13N5O2/c22-12-14-4-3-6-17(10-14)25-20(27)15-8-9-24-19(11-15)21(28)26-18-7-2-1-5-16(18)13-23/h1-11H,(H,25,27)(H,26,28). The van der Waals surface area contributed by atoms with Crippen molar-refractivity contribution in [3.05, 3.63) is 89.2 Å². The fourth-order valence-electron chi connectivity index (χ4n) is 2.44. The first-order chi connectivity index (χ1) is 13.6. The summed E-state index contributed by atoms with van der Waals surface area (Å²) in [6.07, 6.45) is 1.35. The summed E-state index contributed by atoms with van der Waals surface area (Å²) < 4.78 is 0. The number of para-hydroxylation sites is 1. The second-order valence-electron chi connectivity index (χ2n) is 5.69. The van der Waals surface area contributed by atoms with Gasteiger partial charge in [0.2, 0.25) is 0 Å². The molecule has 7 nitrogen and oxygen atoms in total. The number of nitriles is 2. The molecule has 0 saturated carbocycles. The molecule has 134 valence electrons. The molecule has 2 aromatic carbocycles. The number of nitrogens with one attached hydrogen (secondary N) is 2. The van der Waals surface area contributed by atoms with Crippen molar-refractivity contribution >= 4 is 23.2 Å². The van der Waals surface area contributed by atoms with Gasteiger partial charge in [-0.25, -0.2) is 0 Å². The number of hydrogen-bond donors (Lipinski definition) is 2. The van der Waals surface area contributed by atoms with E-state index in [0.717, 1.165) is 0 Å². The Bertz CT molecular complexity index is 1140. The Morgan fingerprint density at radius 2 is 1.68 bits per heavy atom. The Labute approximate surface area is 160 Å². The normalized spacial score (nSPS) is 9.64. The lowest BCUT2D eigenvalue weighted by Crippen LogP contribution is -2.17. The van der Waals surface area contributed by atoms with Crippen molar-refractivity contribution in [2.24, 2.45) is 0 Å². The average molecular weight is 367 g/mol. The van der Waals surface area contributed by atoms with Crippen molar-refractivity contribution in [3.8, 4) is 12.1 Å². The van der Waals surface area contributed by atoms with Gasteiger partial charge in [0.1, 0.15) is 11.8 Å². The first-order valence-corrected chi connectivity index (χ1v) is 8.19. The van der Waals surface area contributed by atoms with Crippen molar-refractivity contribution in [3.63, 3.8) is 0 Å². The molecule has 3 rings (SSSR count). The molecule has 0 aliphatic rings. The highest BCUT2D eigenvalue weighted by molar-refractivity contribution is 6.08. The molecule has 0 aliphatic heterocycles. The Morgan fingerprint density at radius 3 is 2.46 bits per heavy atom. The van der Waals surface area contributed by atoms with Crippen molar-refractivity contribution in [2.75, 3.05) is 10.6 Å². The zero-order chi connectivity index (χ0) is 19.9. The number of rotatable bonds is 4. The van der Waals surface area contributed by atoms with Crippen molar-refractivity contribution in [1.29, 1.82) is 10.5 Å². The third-order valence-electron chi connectivity index (χ3n) is 3.80. The number of carbonyl (C=O) groups is 2. The van der Waals surface area contributed by atoms with Crippen LogP contribution in [0.25, 0.3) is 0 Å². The first-order valence-electron chi connectivity index (χ1n) is 8.19. The number of hydrogen-bond acceptors (Lipinski definition) is 5. The number of amides is 2. The van der Waals surface area contributed by atoms with E-state index in [4.69, 9.17) is 10.5 Å². The minimum Gasteiger partial charge on any atom is -0.322 e. The van der Waals surface area contributed by atoms with Crippen LogP contribution in [0, 0.1) is 22.7 Å². The van der Waals surface area contributed by atoms with E-state index in [1.165, 1.54) is 18.3 Å². The topological polar surface area (TPSA) is 119 Å². The SMILES string of the molecule is N#Cc1cccc(NC(=O)c2ccnc(C(=O)Nc3ccccc3C#N)c2)c1. The van der Waals surface area contributed by atoms with Crippen LogP contribution >= 0.6 is 0 Å². The molecule has 0 bridgehead atoms. The molecule has 1 heterocycles. The van der Waals surface area contributed by atoms with E-state index in [-0.39, 0.29) is 11.3 Å². The highest BCUT2D eigenvalue weighted by atomic mass is 16.2. The largest absolute Gasteiger partial charge is 0.322 e. The number of aromatic nitrogens is 1. The maximum absolute atomic E-state index is 12.5. The summed E-state index contributed by atoms with van der Waals surface area (Å²) >= 11 is 0. The van der Waals surface area contributed by atoms with Crippen LogP contribution in [-0.4, -0.2) is 16.8 Å². The number of benzene rings is 2. The van der Waals surface area contributed by atoms with E-state index in [1.54, 1.807) is 48.5 Å². The molecule has 0 spiro atoms. The van der Waals surface area contributed by atoms with Gasteiger partial charge in [-0.1, -0.05) is 18.2 Å². The lowest BCUT2D eigenvalue weighted by molar-refractivity contribution is 0.102. The summed E-state index contributed by atoms with van der Waals surface area (Å²) in [4.78, 5) is 28.9. The van der Waals surface area contributed by atoms with E-state index in [0.29, 0.717) is 22.5 Å². The lowest BCUT2D eigenvalue weighted by Gasteiger charge is -2.08. The Balaban J connectivity index is 1.78. The summed E-state index contributed by atoms with van der Waals surface area (Å²) in [6, 6.07) is 19.9. The predicted molar refractivity (Wildman–Crippen MR) is 102 cm³/mol. The minimum atomic E-state index is -0.538.